The molecule has 0 saturated carbocycles. The minimum atomic E-state index is -2.84. The lowest BCUT2D eigenvalue weighted by Gasteiger charge is -2.48. The molecule has 3 heterocycles. The lowest BCUT2D eigenvalue weighted by atomic mass is 9.91. The molecule has 0 bridgehead atoms. The molecule has 2 N–H and O–H groups in total. The van der Waals surface area contributed by atoms with E-state index in [2.05, 4.69) is 10.2 Å². The number of anilines is 1. The van der Waals surface area contributed by atoms with Crippen LogP contribution in [0, 0.1) is 11.6 Å². The Morgan fingerprint density at radius 3 is 2.17 bits per heavy atom. The third-order valence-corrected chi connectivity index (χ3v) is 8.03. The van der Waals surface area contributed by atoms with Gasteiger partial charge in [0.1, 0.15) is 11.6 Å². The van der Waals surface area contributed by atoms with Gasteiger partial charge in [0, 0.05) is 44.0 Å². The van der Waals surface area contributed by atoms with Gasteiger partial charge in [-0.25, -0.2) is 17.6 Å². The average Bonchev–Trinajstić information content (AvgIpc) is 2.83. The Labute approximate surface area is 241 Å². The van der Waals surface area contributed by atoms with Crippen molar-refractivity contribution in [3.8, 4) is 0 Å². The molecule has 40 heavy (non-hydrogen) atoms. The number of carbonyl (C=O) groups is 2. The number of aliphatic hydroxyl groups is 1. The van der Waals surface area contributed by atoms with Gasteiger partial charge in [0.05, 0.1) is 29.7 Å². The lowest BCUT2D eigenvalue weighted by molar-refractivity contribution is -0.152. The summed E-state index contributed by atoms with van der Waals surface area (Å²) in [5, 5.41) is 14.4. The first-order chi connectivity index (χ1) is 18.3. The molecule has 3 aliphatic rings. The highest BCUT2D eigenvalue weighted by Gasteiger charge is 2.46. The minimum absolute atomic E-state index is 0. The number of amides is 2. The summed E-state index contributed by atoms with van der Waals surface area (Å²) >= 11 is 6.27. The Bertz CT molecular complexity index is 1260. The largest absolute Gasteiger partial charge is 0.380 e. The van der Waals surface area contributed by atoms with Gasteiger partial charge in [-0.15, -0.1) is 0 Å². The summed E-state index contributed by atoms with van der Waals surface area (Å²) in [5.41, 5.74) is -1.24. The number of alkyl halides is 2. The zero-order valence-corrected chi connectivity index (χ0v) is 23.5. The molecule has 3 saturated heterocycles. The van der Waals surface area contributed by atoms with Gasteiger partial charge in [0.25, 0.3) is 17.7 Å². The van der Waals surface area contributed by atoms with Gasteiger partial charge in [-0.2, -0.15) is 13.5 Å². The van der Waals surface area contributed by atoms with Crippen LogP contribution in [0.5, 0.6) is 0 Å². The van der Waals surface area contributed by atoms with Crippen LogP contribution in [0.1, 0.15) is 35.7 Å². The number of rotatable bonds is 6. The second-order valence-electron chi connectivity index (χ2n) is 10.8. The fourth-order valence-corrected chi connectivity index (χ4v) is 5.70. The van der Waals surface area contributed by atoms with Crippen LogP contribution in [0.15, 0.2) is 36.4 Å². The molecule has 3 fully saturated rings. The lowest BCUT2D eigenvalue weighted by Crippen LogP contribution is -2.61. The molecule has 3 aliphatic heterocycles. The number of likely N-dealkylation sites (tertiary alicyclic amines) is 3. The maximum Gasteiger partial charge on any atom is 0.282 e. The number of nitrogens with zero attached hydrogens (tertiary/aromatic N) is 3. The molecule has 5 rings (SSSR count). The van der Waals surface area contributed by atoms with Crippen molar-refractivity contribution in [3.63, 3.8) is 0 Å². The van der Waals surface area contributed by atoms with E-state index < -0.39 is 48.1 Å². The number of piperidine rings is 1. The van der Waals surface area contributed by atoms with Gasteiger partial charge in [-0.3, -0.25) is 14.5 Å². The fraction of sp³-hybridized carbons (Fsp3) is 0.481. The first kappa shape index (κ1) is 30.4. The highest BCUT2D eigenvalue weighted by atomic mass is 35.5. The second-order valence-corrected chi connectivity index (χ2v) is 11.2. The summed E-state index contributed by atoms with van der Waals surface area (Å²) in [4.78, 5) is 30.3. The predicted molar refractivity (Wildman–Crippen MR) is 147 cm³/mol. The van der Waals surface area contributed by atoms with Gasteiger partial charge >= 0.3 is 0 Å². The first-order valence-electron chi connectivity index (χ1n) is 12.8. The number of benzene rings is 2. The molecule has 0 spiro atoms. The van der Waals surface area contributed by atoms with Crippen molar-refractivity contribution >= 4 is 42.6 Å². The second kappa shape index (κ2) is 11.4. The smallest absolute Gasteiger partial charge is 0.282 e. The fourth-order valence-electron chi connectivity index (χ4n) is 5.44. The zero-order valence-electron chi connectivity index (χ0n) is 21.8. The van der Waals surface area contributed by atoms with Crippen LogP contribution < -0.4 is 5.32 Å². The van der Waals surface area contributed by atoms with Crippen LogP contribution in [-0.2, 0) is 10.4 Å². The monoisotopic (exact) mass is 602 g/mol. The summed E-state index contributed by atoms with van der Waals surface area (Å²) in [5.74, 6) is -5.65. The number of nitrogens with one attached hydrogen (secondary N) is 1. The van der Waals surface area contributed by atoms with Gasteiger partial charge in [0.15, 0.2) is 5.60 Å². The first-order valence-corrected chi connectivity index (χ1v) is 13.2. The van der Waals surface area contributed by atoms with Crippen molar-refractivity contribution in [2.24, 2.45) is 0 Å². The van der Waals surface area contributed by atoms with E-state index >= 15 is 0 Å². The Balaban J connectivity index is 0.00000370. The number of hydrogen-bond acceptors (Lipinski definition) is 5. The van der Waals surface area contributed by atoms with E-state index in [-0.39, 0.29) is 41.7 Å². The molecule has 0 unspecified atom stereocenters. The van der Waals surface area contributed by atoms with Crippen LogP contribution in [0.2, 0.25) is 5.02 Å². The third-order valence-electron chi connectivity index (χ3n) is 7.72. The van der Waals surface area contributed by atoms with E-state index in [0.717, 1.165) is 35.8 Å². The normalized spacial score (nSPS) is 21.1. The Morgan fingerprint density at radius 2 is 1.62 bits per heavy atom. The van der Waals surface area contributed by atoms with E-state index in [0.29, 0.717) is 32.0 Å². The van der Waals surface area contributed by atoms with Crippen molar-refractivity contribution in [2.45, 2.75) is 43.4 Å². The Hall–Kier alpha value is -2.54. The Kier molecular flexibility index (Phi) is 8.66. The summed E-state index contributed by atoms with van der Waals surface area (Å²) in [7, 11) is 0. The molecule has 2 aromatic rings. The molecule has 0 radical (unpaired) electrons. The number of carbonyl (C=O) groups excluding carboxylic acids is 2. The van der Waals surface area contributed by atoms with Crippen molar-refractivity contribution in [1.82, 2.24) is 14.7 Å². The van der Waals surface area contributed by atoms with Crippen molar-refractivity contribution in [1.29, 1.82) is 0 Å². The molecular formula is C27H31ClF4N4O3S. The Morgan fingerprint density at radius 1 is 1.02 bits per heavy atom. The molecule has 2 amide bonds. The summed E-state index contributed by atoms with van der Waals surface area (Å²) < 4.78 is 53.4. The maximum atomic E-state index is 13.6. The van der Waals surface area contributed by atoms with Gasteiger partial charge < -0.3 is 20.2 Å². The van der Waals surface area contributed by atoms with Crippen LogP contribution >= 0.6 is 25.1 Å². The zero-order chi connectivity index (χ0) is 28.1. The van der Waals surface area contributed by atoms with E-state index in [4.69, 9.17) is 11.6 Å². The van der Waals surface area contributed by atoms with E-state index in [9.17, 15) is 32.3 Å². The molecule has 13 heteroatoms. The minimum Gasteiger partial charge on any atom is -0.380 e. The predicted octanol–water partition coefficient (Wildman–Crippen LogP) is 3.82. The van der Waals surface area contributed by atoms with Crippen LogP contribution in [0.3, 0.4) is 0 Å². The van der Waals surface area contributed by atoms with Crippen LogP contribution in [0.25, 0.3) is 0 Å². The maximum absolute atomic E-state index is 13.6. The van der Waals surface area contributed by atoms with Crippen molar-refractivity contribution in [2.75, 3.05) is 44.6 Å². The molecule has 7 nitrogen and oxygen atoms in total. The summed E-state index contributed by atoms with van der Waals surface area (Å²) in [6.45, 7) is 2.42. The topological polar surface area (TPSA) is 76.1 Å². The van der Waals surface area contributed by atoms with E-state index in [1.165, 1.54) is 11.8 Å². The molecule has 218 valence electrons. The standard InChI is InChI=1S/C27H29ClF4N4O3.H2S/c1-26(39,16-8-17(29)10-18(30)9-16)25(38)34-6-4-21(5-7-34)35-12-20(13-35)33-19-2-3-22(23(28)11-19)24(37)36-14-27(31,32)15-36;/h2-3,8-11,20-21,33,39H,4-7,12-15H2,1H3;1H2/t26-;/m0./s1. The molecule has 0 aliphatic carbocycles. The summed E-state index contributed by atoms with van der Waals surface area (Å²) in [6, 6.07) is 7.90. The molecule has 1 atom stereocenters. The van der Waals surface area contributed by atoms with Gasteiger partial charge in [-0.05, 0) is 55.7 Å². The highest BCUT2D eigenvalue weighted by molar-refractivity contribution is 7.59. The average molecular weight is 603 g/mol. The molecule has 2 aromatic carbocycles. The van der Waals surface area contributed by atoms with Crippen molar-refractivity contribution in [3.05, 3.63) is 64.2 Å². The van der Waals surface area contributed by atoms with Gasteiger partial charge in [-0.1, -0.05) is 11.6 Å². The highest BCUT2D eigenvalue weighted by Crippen LogP contribution is 2.32. The third kappa shape index (κ3) is 6.19. The van der Waals surface area contributed by atoms with Crippen LogP contribution in [0.4, 0.5) is 23.2 Å². The summed E-state index contributed by atoms with van der Waals surface area (Å²) in [6.07, 6.45) is 1.40. The van der Waals surface area contributed by atoms with Crippen LogP contribution in [-0.4, -0.2) is 88.9 Å². The van der Waals surface area contributed by atoms with Gasteiger partial charge in [0.2, 0.25) is 0 Å². The SMILES string of the molecule is C[C@@](O)(C(=O)N1CCC(N2CC(Nc3ccc(C(=O)N4CC(F)(F)C4)c(Cl)c3)C2)CC1)c1cc(F)cc(F)c1.S. The number of hydrogen-bond donors (Lipinski definition) is 2. The van der Waals surface area contributed by atoms with Crippen molar-refractivity contribution < 1.29 is 32.3 Å². The number of halogens is 5. The molecule has 0 aromatic heterocycles. The molecular weight excluding hydrogens is 572 g/mol. The quantitative estimate of drug-likeness (QED) is 0.492. The van der Waals surface area contributed by atoms with E-state index in [1.54, 1.807) is 18.2 Å². The van der Waals surface area contributed by atoms with E-state index in [1.807, 2.05) is 0 Å².